The molecule has 0 bridgehead atoms. The first kappa shape index (κ1) is 10.2. The molecule has 78 valence electrons. The molecule has 2 aromatic heterocycles. The Morgan fingerprint density at radius 1 is 1.27 bits per heavy atom. The van der Waals surface area contributed by atoms with Gasteiger partial charge in [0.2, 0.25) is 0 Å². The molecule has 0 aromatic carbocycles. The number of hydrogen-bond acceptors (Lipinski definition) is 5. The molecule has 0 fully saturated rings. The van der Waals surface area contributed by atoms with Crippen LogP contribution in [-0.2, 0) is 6.42 Å². The van der Waals surface area contributed by atoms with Crippen LogP contribution in [0.15, 0.2) is 18.6 Å². The van der Waals surface area contributed by atoms with Crippen LogP contribution in [0.2, 0.25) is 0 Å². The van der Waals surface area contributed by atoms with Gasteiger partial charge in [0.15, 0.2) is 5.01 Å². The third-order valence-corrected chi connectivity index (χ3v) is 2.80. The molecular formula is C10H12N4S. The molecule has 0 amide bonds. The molecule has 0 aliphatic carbocycles. The normalized spacial score (nSPS) is 10.9. The van der Waals surface area contributed by atoms with Crippen molar-refractivity contribution in [2.45, 2.75) is 20.3 Å². The van der Waals surface area contributed by atoms with Gasteiger partial charge in [-0.3, -0.25) is 9.97 Å². The Labute approximate surface area is 92.4 Å². The number of nitrogens with zero attached hydrogens (tertiary/aromatic N) is 4. The molecule has 5 heteroatoms. The maximum absolute atomic E-state index is 4.19. The van der Waals surface area contributed by atoms with Gasteiger partial charge in [-0.1, -0.05) is 25.2 Å². The van der Waals surface area contributed by atoms with E-state index in [1.165, 1.54) is 0 Å². The van der Waals surface area contributed by atoms with Crippen molar-refractivity contribution in [3.63, 3.8) is 0 Å². The van der Waals surface area contributed by atoms with Crippen molar-refractivity contribution in [2.75, 3.05) is 0 Å². The van der Waals surface area contributed by atoms with Gasteiger partial charge in [-0.15, -0.1) is 10.2 Å². The first-order valence-corrected chi connectivity index (χ1v) is 5.66. The van der Waals surface area contributed by atoms with Crippen LogP contribution in [0.3, 0.4) is 0 Å². The standard InChI is InChI=1S/C10H12N4S/c1-7(2)5-9-13-14-10(15-9)8-6-11-3-4-12-8/h3-4,6-7H,5H2,1-2H3. The summed E-state index contributed by atoms with van der Waals surface area (Å²) in [5, 5.41) is 10.1. The predicted molar refractivity (Wildman–Crippen MR) is 59.5 cm³/mol. The Hall–Kier alpha value is -1.36. The van der Waals surface area contributed by atoms with Crippen LogP contribution in [0.1, 0.15) is 18.9 Å². The van der Waals surface area contributed by atoms with Crippen LogP contribution in [0.5, 0.6) is 0 Å². The zero-order valence-corrected chi connectivity index (χ0v) is 9.53. The SMILES string of the molecule is CC(C)Cc1nnc(-c2cnccn2)s1. The molecule has 2 heterocycles. The molecule has 15 heavy (non-hydrogen) atoms. The van der Waals surface area contributed by atoms with Crippen LogP contribution in [0.25, 0.3) is 10.7 Å². The van der Waals surface area contributed by atoms with E-state index in [1.807, 2.05) is 0 Å². The van der Waals surface area contributed by atoms with Crippen molar-refractivity contribution in [3.05, 3.63) is 23.6 Å². The molecule has 0 atom stereocenters. The Kier molecular flexibility index (Phi) is 3.01. The van der Waals surface area contributed by atoms with E-state index in [2.05, 4.69) is 34.0 Å². The lowest BCUT2D eigenvalue weighted by Gasteiger charge is -1.97. The molecule has 0 aliphatic rings. The monoisotopic (exact) mass is 220 g/mol. The molecule has 0 saturated carbocycles. The first-order valence-electron chi connectivity index (χ1n) is 4.84. The lowest BCUT2D eigenvalue weighted by molar-refractivity contribution is 0.640. The highest BCUT2D eigenvalue weighted by molar-refractivity contribution is 7.14. The van der Waals surface area contributed by atoms with Gasteiger partial charge in [0.05, 0.1) is 6.20 Å². The average molecular weight is 220 g/mol. The molecular weight excluding hydrogens is 208 g/mol. The van der Waals surface area contributed by atoms with Crippen LogP contribution < -0.4 is 0 Å². The summed E-state index contributed by atoms with van der Waals surface area (Å²) in [4.78, 5) is 8.19. The highest BCUT2D eigenvalue weighted by Gasteiger charge is 2.08. The summed E-state index contributed by atoms with van der Waals surface area (Å²) in [5.74, 6) is 0.604. The molecule has 4 nitrogen and oxygen atoms in total. The summed E-state index contributed by atoms with van der Waals surface area (Å²) in [7, 11) is 0. The maximum Gasteiger partial charge on any atom is 0.167 e. The molecule has 2 aromatic rings. The van der Waals surface area contributed by atoms with Gasteiger partial charge in [0.1, 0.15) is 10.7 Å². The van der Waals surface area contributed by atoms with Gasteiger partial charge in [0, 0.05) is 18.8 Å². The first-order chi connectivity index (χ1) is 7.25. The van der Waals surface area contributed by atoms with E-state index in [4.69, 9.17) is 0 Å². The van der Waals surface area contributed by atoms with E-state index in [-0.39, 0.29) is 0 Å². The predicted octanol–water partition coefficient (Wildman–Crippen LogP) is 2.19. The fourth-order valence-corrected chi connectivity index (χ4v) is 2.21. The fraction of sp³-hybridized carbons (Fsp3) is 0.400. The summed E-state index contributed by atoms with van der Waals surface area (Å²) in [5.41, 5.74) is 0.796. The van der Waals surface area contributed by atoms with Crippen LogP contribution in [0.4, 0.5) is 0 Å². The van der Waals surface area contributed by atoms with Crippen molar-refractivity contribution >= 4 is 11.3 Å². The molecule has 0 radical (unpaired) electrons. The molecule has 0 spiro atoms. The van der Waals surface area contributed by atoms with Gasteiger partial charge in [-0.2, -0.15) is 0 Å². The van der Waals surface area contributed by atoms with Gasteiger partial charge in [-0.25, -0.2) is 0 Å². The lowest BCUT2D eigenvalue weighted by atomic mass is 10.1. The Bertz CT molecular complexity index is 424. The smallest absolute Gasteiger partial charge is 0.167 e. The van der Waals surface area contributed by atoms with Gasteiger partial charge in [-0.05, 0) is 5.92 Å². The second-order valence-electron chi connectivity index (χ2n) is 3.69. The minimum atomic E-state index is 0.604. The summed E-state index contributed by atoms with van der Waals surface area (Å²) in [6.07, 6.45) is 6.00. The third kappa shape index (κ3) is 2.56. The summed E-state index contributed by atoms with van der Waals surface area (Å²) < 4.78 is 0. The largest absolute Gasteiger partial charge is 0.261 e. The maximum atomic E-state index is 4.19. The Morgan fingerprint density at radius 2 is 2.13 bits per heavy atom. The summed E-state index contributed by atoms with van der Waals surface area (Å²) >= 11 is 1.59. The molecule has 0 unspecified atom stereocenters. The quantitative estimate of drug-likeness (QED) is 0.795. The summed E-state index contributed by atoms with van der Waals surface area (Å²) in [6.45, 7) is 4.34. The molecule has 0 N–H and O–H groups in total. The third-order valence-electron chi connectivity index (χ3n) is 1.83. The van der Waals surface area contributed by atoms with E-state index < -0.39 is 0 Å². The number of hydrogen-bond donors (Lipinski definition) is 0. The molecule has 0 aliphatic heterocycles. The Balaban J connectivity index is 2.21. The number of rotatable bonds is 3. The topological polar surface area (TPSA) is 51.6 Å². The van der Waals surface area contributed by atoms with E-state index in [1.54, 1.807) is 29.9 Å². The van der Waals surface area contributed by atoms with Gasteiger partial charge < -0.3 is 0 Å². The number of aromatic nitrogens is 4. The molecule has 2 rings (SSSR count). The highest BCUT2D eigenvalue weighted by atomic mass is 32.1. The fourth-order valence-electron chi connectivity index (χ4n) is 1.20. The van der Waals surface area contributed by atoms with Crippen LogP contribution in [0, 0.1) is 5.92 Å². The average Bonchev–Trinajstić information content (AvgIpc) is 2.67. The van der Waals surface area contributed by atoms with Crippen molar-refractivity contribution in [3.8, 4) is 10.7 Å². The van der Waals surface area contributed by atoms with Crippen LogP contribution >= 0.6 is 11.3 Å². The molecule has 0 saturated heterocycles. The zero-order valence-electron chi connectivity index (χ0n) is 8.71. The van der Waals surface area contributed by atoms with Gasteiger partial charge >= 0.3 is 0 Å². The van der Waals surface area contributed by atoms with E-state index in [9.17, 15) is 0 Å². The second kappa shape index (κ2) is 4.44. The van der Waals surface area contributed by atoms with Crippen molar-refractivity contribution in [1.82, 2.24) is 20.2 Å². The van der Waals surface area contributed by atoms with E-state index in [0.29, 0.717) is 5.92 Å². The van der Waals surface area contributed by atoms with Crippen molar-refractivity contribution < 1.29 is 0 Å². The van der Waals surface area contributed by atoms with E-state index in [0.717, 1.165) is 22.1 Å². The minimum Gasteiger partial charge on any atom is -0.261 e. The second-order valence-corrected chi connectivity index (χ2v) is 4.75. The van der Waals surface area contributed by atoms with E-state index >= 15 is 0 Å². The zero-order chi connectivity index (χ0) is 10.7. The lowest BCUT2D eigenvalue weighted by Crippen LogP contribution is -1.92. The summed E-state index contributed by atoms with van der Waals surface area (Å²) in [6, 6.07) is 0. The minimum absolute atomic E-state index is 0.604. The van der Waals surface area contributed by atoms with Crippen molar-refractivity contribution in [1.29, 1.82) is 0 Å². The van der Waals surface area contributed by atoms with Gasteiger partial charge in [0.25, 0.3) is 0 Å². The van der Waals surface area contributed by atoms with Crippen molar-refractivity contribution in [2.24, 2.45) is 5.92 Å². The highest BCUT2D eigenvalue weighted by Crippen LogP contribution is 2.21. The van der Waals surface area contributed by atoms with Crippen LogP contribution in [-0.4, -0.2) is 20.2 Å². The Morgan fingerprint density at radius 3 is 2.80 bits per heavy atom.